The molecule has 0 aliphatic carbocycles. The molecule has 0 saturated carbocycles. The predicted octanol–water partition coefficient (Wildman–Crippen LogP) is 2.59. The SMILES string of the molecule is CCCC[C@@H](CCO)Nc1nc(N)ncc1CCc1ccccn1. The van der Waals surface area contributed by atoms with Crippen LogP contribution >= 0.6 is 0 Å². The van der Waals surface area contributed by atoms with Crippen LogP contribution in [0, 0.1) is 0 Å². The molecule has 4 N–H and O–H groups in total. The van der Waals surface area contributed by atoms with Crippen LogP contribution in [-0.2, 0) is 12.8 Å². The fourth-order valence-corrected chi connectivity index (χ4v) is 2.63. The molecule has 0 unspecified atom stereocenters. The van der Waals surface area contributed by atoms with Crippen molar-refractivity contribution >= 4 is 11.8 Å². The lowest BCUT2D eigenvalue weighted by molar-refractivity contribution is 0.276. The van der Waals surface area contributed by atoms with E-state index in [2.05, 4.69) is 27.2 Å². The van der Waals surface area contributed by atoms with Gasteiger partial charge in [-0.3, -0.25) is 4.98 Å². The summed E-state index contributed by atoms with van der Waals surface area (Å²) in [5.74, 6) is 1.03. The molecule has 0 radical (unpaired) electrons. The van der Waals surface area contributed by atoms with Gasteiger partial charge in [0.15, 0.2) is 0 Å². The molecule has 0 aliphatic heterocycles. The van der Waals surface area contributed by atoms with Gasteiger partial charge in [-0.2, -0.15) is 4.98 Å². The lowest BCUT2D eigenvalue weighted by Crippen LogP contribution is -2.23. The van der Waals surface area contributed by atoms with Crippen LogP contribution in [0.4, 0.5) is 11.8 Å². The first-order valence-electron chi connectivity index (χ1n) is 8.61. The fourth-order valence-electron chi connectivity index (χ4n) is 2.63. The van der Waals surface area contributed by atoms with Crippen LogP contribution in [0.15, 0.2) is 30.6 Å². The maximum atomic E-state index is 9.28. The summed E-state index contributed by atoms with van der Waals surface area (Å²) in [4.78, 5) is 12.8. The van der Waals surface area contributed by atoms with Gasteiger partial charge in [-0.1, -0.05) is 25.8 Å². The van der Waals surface area contributed by atoms with Crippen molar-refractivity contribution in [2.45, 2.75) is 51.5 Å². The van der Waals surface area contributed by atoms with Crippen LogP contribution in [0.2, 0.25) is 0 Å². The monoisotopic (exact) mass is 329 g/mol. The van der Waals surface area contributed by atoms with Crippen molar-refractivity contribution in [3.05, 3.63) is 41.9 Å². The van der Waals surface area contributed by atoms with Crippen LogP contribution in [0.5, 0.6) is 0 Å². The number of rotatable bonds is 10. The Bertz CT molecular complexity index is 606. The van der Waals surface area contributed by atoms with Crippen molar-refractivity contribution in [2.24, 2.45) is 0 Å². The number of anilines is 2. The molecule has 0 fully saturated rings. The first-order valence-corrected chi connectivity index (χ1v) is 8.61. The van der Waals surface area contributed by atoms with E-state index < -0.39 is 0 Å². The van der Waals surface area contributed by atoms with E-state index in [0.29, 0.717) is 6.42 Å². The number of nitrogens with one attached hydrogen (secondary N) is 1. The molecule has 0 aromatic carbocycles. The summed E-state index contributed by atoms with van der Waals surface area (Å²) in [5.41, 5.74) is 7.82. The van der Waals surface area contributed by atoms with E-state index in [-0.39, 0.29) is 18.6 Å². The molecule has 2 aromatic rings. The van der Waals surface area contributed by atoms with E-state index in [1.165, 1.54) is 0 Å². The van der Waals surface area contributed by atoms with E-state index >= 15 is 0 Å². The van der Waals surface area contributed by atoms with E-state index in [0.717, 1.165) is 49.2 Å². The van der Waals surface area contributed by atoms with Crippen molar-refractivity contribution in [1.82, 2.24) is 15.0 Å². The van der Waals surface area contributed by atoms with E-state index in [4.69, 9.17) is 5.73 Å². The van der Waals surface area contributed by atoms with Crippen molar-refractivity contribution < 1.29 is 5.11 Å². The maximum Gasteiger partial charge on any atom is 0.221 e. The number of nitrogens with two attached hydrogens (primary N) is 1. The van der Waals surface area contributed by atoms with Crippen LogP contribution in [0.3, 0.4) is 0 Å². The number of aryl methyl sites for hydroxylation is 2. The molecule has 6 nitrogen and oxygen atoms in total. The number of unbranched alkanes of at least 4 members (excludes halogenated alkanes) is 1. The van der Waals surface area contributed by atoms with Gasteiger partial charge < -0.3 is 16.2 Å². The molecule has 24 heavy (non-hydrogen) atoms. The maximum absolute atomic E-state index is 9.28. The number of pyridine rings is 1. The van der Waals surface area contributed by atoms with Crippen LogP contribution in [0.25, 0.3) is 0 Å². The molecule has 2 aromatic heterocycles. The van der Waals surface area contributed by atoms with E-state index in [9.17, 15) is 5.11 Å². The largest absolute Gasteiger partial charge is 0.396 e. The second-order valence-electron chi connectivity index (χ2n) is 5.92. The Morgan fingerprint density at radius 3 is 2.79 bits per heavy atom. The summed E-state index contributed by atoms with van der Waals surface area (Å²) in [6.07, 6.45) is 9.13. The van der Waals surface area contributed by atoms with Gasteiger partial charge in [0.1, 0.15) is 5.82 Å². The zero-order valence-electron chi connectivity index (χ0n) is 14.3. The molecule has 0 aliphatic rings. The van der Waals surface area contributed by atoms with Crippen LogP contribution < -0.4 is 11.1 Å². The molecular weight excluding hydrogens is 302 g/mol. The number of aliphatic hydroxyl groups is 1. The van der Waals surface area contributed by atoms with E-state index in [1.807, 2.05) is 18.2 Å². The summed E-state index contributed by atoms with van der Waals surface area (Å²) >= 11 is 0. The Kier molecular flexibility index (Phi) is 7.42. The topological polar surface area (TPSA) is 97.0 Å². The number of nitrogen functional groups attached to an aromatic ring is 1. The van der Waals surface area contributed by atoms with Gasteiger partial charge in [-0.15, -0.1) is 0 Å². The summed E-state index contributed by atoms with van der Waals surface area (Å²) in [6, 6.07) is 6.11. The summed E-state index contributed by atoms with van der Waals surface area (Å²) < 4.78 is 0. The van der Waals surface area contributed by atoms with Gasteiger partial charge in [0.2, 0.25) is 5.95 Å². The second-order valence-corrected chi connectivity index (χ2v) is 5.92. The lowest BCUT2D eigenvalue weighted by Gasteiger charge is -2.20. The van der Waals surface area contributed by atoms with Crippen LogP contribution in [-0.4, -0.2) is 32.7 Å². The minimum atomic E-state index is 0.158. The second kappa shape index (κ2) is 9.82. The third-order valence-electron chi connectivity index (χ3n) is 3.98. The Labute approximate surface area is 143 Å². The third kappa shape index (κ3) is 5.77. The number of aromatic nitrogens is 3. The predicted molar refractivity (Wildman–Crippen MR) is 96.7 cm³/mol. The summed E-state index contributed by atoms with van der Waals surface area (Å²) in [6.45, 7) is 2.32. The molecular formula is C18H27N5O. The van der Waals surface area contributed by atoms with Crippen molar-refractivity contribution in [3.63, 3.8) is 0 Å². The third-order valence-corrected chi connectivity index (χ3v) is 3.98. The van der Waals surface area contributed by atoms with Gasteiger partial charge in [0.25, 0.3) is 0 Å². The minimum absolute atomic E-state index is 0.158. The van der Waals surface area contributed by atoms with Gasteiger partial charge in [0, 0.05) is 36.3 Å². The first-order chi connectivity index (χ1) is 11.7. The number of aliphatic hydroxyl groups excluding tert-OH is 1. The molecule has 130 valence electrons. The van der Waals surface area contributed by atoms with Crippen molar-refractivity contribution in [3.8, 4) is 0 Å². The molecule has 0 spiro atoms. The average Bonchev–Trinajstić information content (AvgIpc) is 2.60. The summed E-state index contributed by atoms with van der Waals surface area (Å²) in [5, 5.41) is 12.7. The Hall–Kier alpha value is -2.21. The first kappa shape index (κ1) is 18.1. The molecule has 2 heterocycles. The highest BCUT2D eigenvalue weighted by molar-refractivity contribution is 5.47. The lowest BCUT2D eigenvalue weighted by atomic mass is 10.1. The van der Waals surface area contributed by atoms with Crippen molar-refractivity contribution in [1.29, 1.82) is 0 Å². The molecule has 0 amide bonds. The quantitative estimate of drug-likeness (QED) is 0.620. The van der Waals surface area contributed by atoms with E-state index in [1.54, 1.807) is 12.4 Å². The number of nitrogens with zero attached hydrogens (tertiary/aromatic N) is 3. The highest BCUT2D eigenvalue weighted by Gasteiger charge is 2.13. The Balaban J connectivity index is 2.08. The summed E-state index contributed by atoms with van der Waals surface area (Å²) in [7, 11) is 0. The molecule has 6 heteroatoms. The van der Waals surface area contributed by atoms with Gasteiger partial charge in [-0.05, 0) is 37.8 Å². The minimum Gasteiger partial charge on any atom is -0.396 e. The Morgan fingerprint density at radius 1 is 1.21 bits per heavy atom. The van der Waals surface area contributed by atoms with Crippen molar-refractivity contribution in [2.75, 3.05) is 17.7 Å². The highest BCUT2D eigenvalue weighted by atomic mass is 16.3. The standard InChI is InChI=1S/C18H27N5O/c1-2-3-6-16(10-12-24)22-17-14(13-21-18(19)23-17)8-9-15-7-4-5-11-20-15/h4-5,7,11,13,16,24H,2-3,6,8-10,12H2,1H3,(H3,19,21,22,23)/t16-/m0/s1. The Morgan fingerprint density at radius 2 is 2.08 bits per heavy atom. The zero-order valence-corrected chi connectivity index (χ0v) is 14.3. The molecule has 0 saturated heterocycles. The molecule has 2 rings (SSSR count). The number of hydrogen-bond acceptors (Lipinski definition) is 6. The fraction of sp³-hybridized carbons (Fsp3) is 0.500. The van der Waals surface area contributed by atoms with Gasteiger partial charge in [0.05, 0.1) is 0 Å². The van der Waals surface area contributed by atoms with Gasteiger partial charge >= 0.3 is 0 Å². The normalized spacial score (nSPS) is 12.1. The smallest absolute Gasteiger partial charge is 0.221 e. The van der Waals surface area contributed by atoms with Gasteiger partial charge in [-0.25, -0.2) is 4.98 Å². The number of hydrogen-bond donors (Lipinski definition) is 3. The highest BCUT2D eigenvalue weighted by Crippen LogP contribution is 2.19. The zero-order chi connectivity index (χ0) is 17.2. The van der Waals surface area contributed by atoms with Crippen LogP contribution in [0.1, 0.15) is 43.9 Å². The average molecular weight is 329 g/mol. The molecule has 1 atom stereocenters. The molecule has 0 bridgehead atoms.